The van der Waals surface area contributed by atoms with E-state index in [1.54, 1.807) is 6.92 Å². The number of esters is 4. The van der Waals surface area contributed by atoms with Gasteiger partial charge in [-0.15, -0.1) is 0 Å². The summed E-state index contributed by atoms with van der Waals surface area (Å²) >= 11 is 6.59. The van der Waals surface area contributed by atoms with Gasteiger partial charge >= 0.3 is 39.5 Å². The number of carbonyl (C=O) groups is 5. The first-order valence-electron chi connectivity index (χ1n) is 17.7. The second-order valence-corrected chi connectivity index (χ2v) is 22.1. The van der Waals surface area contributed by atoms with Crippen molar-refractivity contribution in [1.29, 1.82) is 0 Å². The first kappa shape index (κ1) is 52.9. The van der Waals surface area contributed by atoms with Crippen LogP contribution in [0.25, 0.3) is 0 Å². The number of benzene rings is 1. The molecule has 2 N–H and O–H groups in total. The molecule has 0 spiro atoms. The summed E-state index contributed by atoms with van der Waals surface area (Å²) in [6.07, 6.45) is 0.653. The fourth-order valence-corrected chi connectivity index (χ4v) is 7.92. The topological polar surface area (TPSA) is 234 Å². The zero-order valence-electron chi connectivity index (χ0n) is 34.0. The summed E-state index contributed by atoms with van der Waals surface area (Å²) in [5, 5.41) is 0. The molecule has 0 saturated heterocycles. The van der Waals surface area contributed by atoms with E-state index in [4.69, 9.17) is 37.0 Å². The Morgan fingerprint density at radius 1 is 0.649 bits per heavy atom. The SMILES string of the molecule is CCCOP(=O)(O)OCCOC(=O)C(C)(Br)CC(C)(C)C(=O)Oc1cc(C=O)cc(OC(=O)C(C)(C)CC(C)(Br)C(=O)OCCOP(=O)(O)OCC[N+](C)(C)C)c1. The summed E-state index contributed by atoms with van der Waals surface area (Å²) in [5.74, 6) is -3.50. The summed E-state index contributed by atoms with van der Waals surface area (Å²) in [6, 6.07) is 3.71. The molecule has 0 bridgehead atoms. The van der Waals surface area contributed by atoms with E-state index < -0.39 is 72.2 Å². The molecule has 18 nitrogen and oxygen atoms in total. The first-order valence-corrected chi connectivity index (χ1v) is 22.3. The number of likely N-dealkylation sites (N-methyl/N-ethyl adjacent to an activating group) is 1. The molecule has 22 heteroatoms. The van der Waals surface area contributed by atoms with E-state index in [0.717, 1.165) is 0 Å². The minimum Gasteiger partial charge on any atom is -0.462 e. The molecule has 0 saturated carbocycles. The van der Waals surface area contributed by atoms with Gasteiger partial charge in [-0.05, 0) is 72.9 Å². The van der Waals surface area contributed by atoms with Crippen molar-refractivity contribution in [3.8, 4) is 11.5 Å². The van der Waals surface area contributed by atoms with Crippen LogP contribution in [0.5, 0.6) is 11.5 Å². The van der Waals surface area contributed by atoms with Crippen LogP contribution in [0.15, 0.2) is 18.2 Å². The summed E-state index contributed by atoms with van der Waals surface area (Å²) in [4.78, 5) is 83.7. The highest BCUT2D eigenvalue weighted by Gasteiger charge is 2.44. The van der Waals surface area contributed by atoms with Gasteiger partial charge in [0, 0.05) is 11.6 Å². The van der Waals surface area contributed by atoms with Crippen LogP contribution >= 0.6 is 47.5 Å². The fraction of sp³-hybridized carbons (Fsp3) is 0.686. The van der Waals surface area contributed by atoms with Crippen LogP contribution in [0.1, 0.15) is 78.1 Å². The third kappa shape index (κ3) is 20.1. The molecule has 0 aliphatic heterocycles. The molecule has 1 aromatic carbocycles. The van der Waals surface area contributed by atoms with Crippen molar-refractivity contribution < 1.29 is 84.4 Å². The van der Waals surface area contributed by atoms with Crippen LogP contribution < -0.4 is 9.47 Å². The van der Waals surface area contributed by atoms with Crippen LogP contribution in [0.4, 0.5) is 0 Å². The maximum atomic E-state index is 13.4. The smallest absolute Gasteiger partial charge is 0.462 e. The molecule has 0 aliphatic carbocycles. The van der Waals surface area contributed by atoms with Crippen LogP contribution in [-0.2, 0) is 55.9 Å². The Morgan fingerprint density at radius 3 is 1.37 bits per heavy atom. The number of halogens is 2. The van der Waals surface area contributed by atoms with Gasteiger partial charge in [-0.1, -0.05) is 38.8 Å². The number of phosphoric acid groups is 2. The zero-order valence-corrected chi connectivity index (χ0v) is 39.0. The summed E-state index contributed by atoms with van der Waals surface area (Å²) in [5.41, 5.74) is -2.67. The average molecular weight is 985 g/mol. The van der Waals surface area contributed by atoms with E-state index in [1.807, 2.05) is 21.1 Å². The van der Waals surface area contributed by atoms with Crippen molar-refractivity contribution in [3.05, 3.63) is 23.8 Å². The summed E-state index contributed by atoms with van der Waals surface area (Å²) < 4.78 is 62.3. The van der Waals surface area contributed by atoms with E-state index in [2.05, 4.69) is 31.9 Å². The van der Waals surface area contributed by atoms with Crippen LogP contribution in [0.2, 0.25) is 0 Å². The number of phosphoric ester groups is 2. The third-order valence-corrected chi connectivity index (χ3v) is 10.8. The van der Waals surface area contributed by atoms with Crippen molar-refractivity contribution in [2.45, 2.75) is 76.4 Å². The number of alkyl halides is 2. The molecule has 0 radical (unpaired) electrons. The van der Waals surface area contributed by atoms with Crippen molar-refractivity contribution >= 4 is 77.7 Å². The average Bonchev–Trinajstić information content (AvgIpc) is 3.05. The Balaban J connectivity index is 2.87. The normalized spacial score (nSPS) is 16.5. The maximum Gasteiger partial charge on any atom is 0.472 e. The van der Waals surface area contributed by atoms with Crippen molar-refractivity contribution in [2.24, 2.45) is 10.8 Å². The zero-order chi connectivity index (χ0) is 44.1. The minimum absolute atomic E-state index is 0.00433. The van der Waals surface area contributed by atoms with Crippen molar-refractivity contribution in [2.75, 3.05) is 67.3 Å². The van der Waals surface area contributed by atoms with Crippen LogP contribution in [0.3, 0.4) is 0 Å². The number of carbonyl (C=O) groups excluding carboxylic acids is 5. The molecule has 326 valence electrons. The molecule has 0 fully saturated rings. The highest BCUT2D eigenvalue weighted by Crippen LogP contribution is 2.44. The predicted molar refractivity (Wildman–Crippen MR) is 213 cm³/mol. The van der Waals surface area contributed by atoms with Crippen LogP contribution in [0, 0.1) is 10.8 Å². The molecule has 0 amide bonds. The minimum atomic E-state index is -4.37. The quantitative estimate of drug-likeness (QED) is 0.0209. The predicted octanol–water partition coefficient (Wildman–Crippen LogP) is 5.92. The van der Waals surface area contributed by atoms with Crippen molar-refractivity contribution in [3.63, 3.8) is 0 Å². The Morgan fingerprint density at radius 2 is 1.02 bits per heavy atom. The number of quaternary nitrogens is 1. The lowest BCUT2D eigenvalue weighted by Gasteiger charge is -2.30. The van der Waals surface area contributed by atoms with Gasteiger partial charge in [-0.25, -0.2) is 9.13 Å². The van der Waals surface area contributed by atoms with E-state index in [-0.39, 0.29) is 56.3 Å². The lowest BCUT2D eigenvalue weighted by molar-refractivity contribution is -0.870. The second-order valence-electron chi connectivity index (χ2n) is 15.7. The highest BCUT2D eigenvalue weighted by atomic mass is 79.9. The summed E-state index contributed by atoms with van der Waals surface area (Å²) in [7, 11) is -3.01. The Labute approximate surface area is 350 Å². The lowest BCUT2D eigenvalue weighted by Crippen LogP contribution is -2.41. The van der Waals surface area contributed by atoms with Gasteiger partial charge in [0.25, 0.3) is 0 Å². The number of rotatable bonds is 26. The first-order chi connectivity index (χ1) is 25.9. The number of nitrogens with zero attached hydrogens (tertiary/aromatic N) is 1. The molecule has 1 rings (SSSR count). The molecule has 4 unspecified atom stereocenters. The Hall–Kier alpha value is -2.09. The Bertz CT molecular complexity index is 1660. The van der Waals surface area contributed by atoms with Crippen LogP contribution in [-0.4, -0.2) is 120 Å². The number of ether oxygens (including phenoxy) is 4. The molecule has 0 aliphatic rings. The standard InChI is InChI=1S/C35H55Br2NO17P2/c1-11-13-50-56(44,45)52-17-15-48-30(42)34(6,36)23-32(2,3)28(40)54-26-19-25(22-39)20-27(21-26)55-29(41)33(4,5)24-35(7,37)31(43)49-16-18-53-57(46,47)51-14-12-38(8,9)10/h19-22H,11-18,23-24H2,1-10H3,(H-,44,45,46,47)/p+1. The van der Waals surface area contributed by atoms with E-state index in [0.29, 0.717) is 23.7 Å². The molecule has 4 atom stereocenters. The molecule has 1 aromatic rings. The number of aldehydes is 1. The fourth-order valence-electron chi connectivity index (χ4n) is 4.80. The number of hydrogen-bond acceptors (Lipinski definition) is 15. The van der Waals surface area contributed by atoms with Gasteiger partial charge in [0.05, 0.1) is 51.8 Å². The molecule has 0 aromatic heterocycles. The third-order valence-electron chi connectivity index (χ3n) is 7.58. The van der Waals surface area contributed by atoms with Gasteiger partial charge in [0.2, 0.25) is 0 Å². The van der Waals surface area contributed by atoms with E-state index in [9.17, 15) is 42.9 Å². The van der Waals surface area contributed by atoms with Gasteiger partial charge < -0.3 is 33.2 Å². The second kappa shape index (κ2) is 22.0. The van der Waals surface area contributed by atoms with Crippen molar-refractivity contribution in [1.82, 2.24) is 0 Å². The van der Waals surface area contributed by atoms with E-state index >= 15 is 0 Å². The van der Waals surface area contributed by atoms with E-state index in [1.165, 1.54) is 59.7 Å². The van der Waals surface area contributed by atoms with Gasteiger partial charge in [0.1, 0.15) is 52.8 Å². The largest absolute Gasteiger partial charge is 0.472 e. The van der Waals surface area contributed by atoms with Gasteiger partial charge in [0.15, 0.2) is 0 Å². The highest BCUT2D eigenvalue weighted by molar-refractivity contribution is 9.10. The number of hydrogen-bond donors (Lipinski definition) is 2. The monoisotopic (exact) mass is 982 g/mol. The molecular weight excluding hydrogens is 928 g/mol. The van der Waals surface area contributed by atoms with Gasteiger partial charge in [-0.3, -0.25) is 42.1 Å². The summed E-state index contributed by atoms with van der Waals surface area (Å²) in [6.45, 7) is 9.54. The maximum absolute atomic E-state index is 13.4. The Kier molecular flexibility index (Phi) is 20.4. The lowest BCUT2D eigenvalue weighted by atomic mass is 9.83. The molecular formula is C35H56Br2NO17P2+. The molecule has 0 heterocycles. The van der Waals surface area contributed by atoms with Gasteiger partial charge in [-0.2, -0.15) is 0 Å². The molecule has 57 heavy (non-hydrogen) atoms.